The SMILES string of the molecule is CC1Oc2ccccc2N(CC(=O)NC(COc2ccccc2F)c2ccccc2)C1=O. The molecule has 7 heteroatoms. The van der Waals surface area contributed by atoms with Crippen molar-refractivity contribution >= 4 is 17.5 Å². The van der Waals surface area contributed by atoms with Crippen LogP contribution in [0, 0.1) is 5.82 Å². The van der Waals surface area contributed by atoms with E-state index in [0.717, 1.165) is 5.56 Å². The molecular formula is C25H23FN2O4. The van der Waals surface area contributed by atoms with Gasteiger partial charge in [0.1, 0.15) is 18.9 Å². The van der Waals surface area contributed by atoms with Gasteiger partial charge in [0, 0.05) is 0 Å². The van der Waals surface area contributed by atoms with Crippen LogP contribution in [0.25, 0.3) is 0 Å². The zero-order valence-corrected chi connectivity index (χ0v) is 17.5. The standard InChI is InChI=1S/C25H23FN2O4/c1-17-25(30)28(21-12-6-8-14-23(21)32-17)15-24(29)27-20(18-9-3-2-4-10-18)16-31-22-13-7-5-11-19(22)26/h2-14,17,20H,15-16H2,1H3,(H,27,29). The van der Waals surface area contributed by atoms with Gasteiger partial charge in [-0.2, -0.15) is 0 Å². The van der Waals surface area contributed by atoms with Crippen LogP contribution < -0.4 is 19.7 Å². The first-order valence-corrected chi connectivity index (χ1v) is 10.3. The Bertz CT molecular complexity index is 1110. The predicted octanol–water partition coefficient (Wildman–Crippen LogP) is 3.88. The van der Waals surface area contributed by atoms with Crippen molar-refractivity contribution in [2.45, 2.75) is 19.1 Å². The molecule has 1 heterocycles. The van der Waals surface area contributed by atoms with E-state index in [2.05, 4.69) is 5.32 Å². The minimum absolute atomic E-state index is 0.0285. The summed E-state index contributed by atoms with van der Waals surface area (Å²) in [6.45, 7) is 1.51. The molecule has 0 spiro atoms. The minimum Gasteiger partial charge on any atom is -0.488 e. The van der Waals surface area contributed by atoms with Crippen LogP contribution in [0.5, 0.6) is 11.5 Å². The monoisotopic (exact) mass is 434 g/mol. The average molecular weight is 434 g/mol. The molecule has 1 N–H and O–H groups in total. The van der Waals surface area contributed by atoms with Crippen LogP contribution in [0.4, 0.5) is 10.1 Å². The number of anilines is 1. The highest BCUT2D eigenvalue weighted by Crippen LogP contribution is 2.33. The van der Waals surface area contributed by atoms with Crippen molar-refractivity contribution in [3.05, 3.63) is 90.2 Å². The highest BCUT2D eigenvalue weighted by molar-refractivity contribution is 6.03. The van der Waals surface area contributed by atoms with Crippen molar-refractivity contribution in [1.82, 2.24) is 5.32 Å². The highest BCUT2D eigenvalue weighted by atomic mass is 19.1. The second kappa shape index (κ2) is 9.51. The Balaban J connectivity index is 1.50. The first-order valence-electron chi connectivity index (χ1n) is 10.3. The third kappa shape index (κ3) is 4.72. The van der Waals surface area contributed by atoms with Gasteiger partial charge in [-0.05, 0) is 36.8 Å². The van der Waals surface area contributed by atoms with E-state index in [-0.39, 0.29) is 30.7 Å². The van der Waals surface area contributed by atoms with Crippen molar-refractivity contribution in [1.29, 1.82) is 0 Å². The van der Waals surface area contributed by atoms with Crippen molar-refractivity contribution < 1.29 is 23.5 Å². The van der Waals surface area contributed by atoms with E-state index < -0.39 is 18.0 Å². The molecule has 3 aromatic rings. The molecule has 164 valence electrons. The van der Waals surface area contributed by atoms with Crippen LogP contribution in [-0.2, 0) is 9.59 Å². The summed E-state index contributed by atoms with van der Waals surface area (Å²) in [5.41, 5.74) is 1.35. The largest absolute Gasteiger partial charge is 0.488 e. The van der Waals surface area contributed by atoms with Gasteiger partial charge in [0.25, 0.3) is 5.91 Å². The average Bonchev–Trinajstić information content (AvgIpc) is 2.81. The molecule has 3 aromatic carbocycles. The van der Waals surface area contributed by atoms with Crippen molar-refractivity contribution in [3.63, 3.8) is 0 Å². The fourth-order valence-electron chi connectivity index (χ4n) is 3.55. The van der Waals surface area contributed by atoms with Crippen LogP contribution in [0.1, 0.15) is 18.5 Å². The van der Waals surface area contributed by atoms with Gasteiger partial charge in [0.2, 0.25) is 5.91 Å². The van der Waals surface area contributed by atoms with Gasteiger partial charge in [-0.3, -0.25) is 14.5 Å². The zero-order valence-electron chi connectivity index (χ0n) is 17.5. The molecule has 4 rings (SSSR count). The Kier molecular flexibility index (Phi) is 6.35. The molecule has 0 bridgehead atoms. The third-order valence-electron chi connectivity index (χ3n) is 5.15. The summed E-state index contributed by atoms with van der Waals surface area (Å²) in [6, 6.07) is 21.9. The molecule has 0 saturated heterocycles. The summed E-state index contributed by atoms with van der Waals surface area (Å²) >= 11 is 0. The van der Waals surface area contributed by atoms with E-state index in [1.165, 1.54) is 17.0 Å². The minimum atomic E-state index is -0.688. The number of nitrogens with one attached hydrogen (secondary N) is 1. The van der Waals surface area contributed by atoms with E-state index in [9.17, 15) is 14.0 Å². The van der Waals surface area contributed by atoms with Gasteiger partial charge < -0.3 is 14.8 Å². The maximum absolute atomic E-state index is 14.0. The van der Waals surface area contributed by atoms with Crippen molar-refractivity contribution in [2.24, 2.45) is 0 Å². The first kappa shape index (κ1) is 21.4. The molecule has 0 saturated carbocycles. The number of fused-ring (bicyclic) bond motifs is 1. The number of benzene rings is 3. The fourth-order valence-corrected chi connectivity index (χ4v) is 3.55. The molecule has 1 aliphatic rings. The van der Waals surface area contributed by atoms with Gasteiger partial charge in [-0.1, -0.05) is 54.6 Å². The second-order valence-electron chi connectivity index (χ2n) is 7.42. The Labute approximate surface area is 185 Å². The number of nitrogens with zero attached hydrogens (tertiary/aromatic N) is 1. The van der Waals surface area contributed by atoms with Gasteiger partial charge in [-0.15, -0.1) is 0 Å². The number of amides is 2. The lowest BCUT2D eigenvalue weighted by Crippen LogP contribution is -2.49. The number of carbonyl (C=O) groups is 2. The van der Waals surface area contributed by atoms with Gasteiger partial charge in [0.05, 0.1) is 11.7 Å². The van der Waals surface area contributed by atoms with Crippen LogP contribution in [0.3, 0.4) is 0 Å². The summed E-state index contributed by atoms with van der Waals surface area (Å²) in [5.74, 6) is -0.482. The van der Waals surface area contributed by atoms with Gasteiger partial charge in [0.15, 0.2) is 17.7 Å². The Hall–Kier alpha value is -3.87. The Morgan fingerprint density at radius 1 is 1.06 bits per heavy atom. The normalized spacial score (nSPS) is 16.0. The van der Waals surface area contributed by atoms with E-state index in [4.69, 9.17) is 9.47 Å². The second-order valence-corrected chi connectivity index (χ2v) is 7.42. The number of carbonyl (C=O) groups excluding carboxylic acids is 2. The van der Waals surface area contributed by atoms with E-state index >= 15 is 0 Å². The molecule has 0 fully saturated rings. The molecule has 2 unspecified atom stereocenters. The predicted molar refractivity (Wildman–Crippen MR) is 118 cm³/mol. The third-order valence-corrected chi connectivity index (χ3v) is 5.15. The van der Waals surface area contributed by atoms with Gasteiger partial charge >= 0.3 is 0 Å². The van der Waals surface area contributed by atoms with E-state index in [1.54, 1.807) is 37.3 Å². The smallest absolute Gasteiger partial charge is 0.268 e. The van der Waals surface area contributed by atoms with Crippen LogP contribution in [0.15, 0.2) is 78.9 Å². The summed E-state index contributed by atoms with van der Waals surface area (Å²) in [5, 5.41) is 2.92. The van der Waals surface area contributed by atoms with Crippen molar-refractivity contribution in [2.75, 3.05) is 18.1 Å². The highest BCUT2D eigenvalue weighted by Gasteiger charge is 2.33. The van der Waals surface area contributed by atoms with E-state index in [0.29, 0.717) is 11.4 Å². The van der Waals surface area contributed by atoms with Gasteiger partial charge in [-0.25, -0.2) is 4.39 Å². The molecule has 0 aromatic heterocycles. The zero-order chi connectivity index (χ0) is 22.5. The lowest BCUT2D eigenvalue weighted by atomic mass is 10.1. The molecule has 32 heavy (non-hydrogen) atoms. The number of para-hydroxylation sites is 3. The summed E-state index contributed by atoms with van der Waals surface area (Å²) in [4.78, 5) is 27.1. The summed E-state index contributed by atoms with van der Waals surface area (Å²) < 4.78 is 25.2. The Morgan fingerprint density at radius 3 is 2.53 bits per heavy atom. The molecule has 2 atom stereocenters. The quantitative estimate of drug-likeness (QED) is 0.613. The van der Waals surface area contributed by atoms with Crippen molar-refractivity contribution in [3.8, 4) is 11.5 Å². The first-order chi connectivity index (χ1) is 15.5. The van der Waals surface area contributed by atoms with E-state index in [1.807, 2.05) is 36.4 Å². The lowest BCUT2D eigenvalue weighted by molar-refractivity contribution is -0.128. The lowest BCUT2D eigenvalue weighted by Gasteiger charge is -2.33. The summed E-state index contributed by atoms with van der Waals surface area (Å²) in [7, 11) is 0. The van der Waals surface area contributed by atoms with Crippen LogP contribution in [-0.4, -0.2) is 31.1 Å². The van der Waals surface area contributed by atoms with Crippen LogP contribution >= 0.6 is 0 Å². The molecule has 0 radical (unpaired) electrons. The molecule has 1 aliphatic heterocycles. The number of halogens is 1. The molecule has 6 nitrogen and oxygen atoms in total. The molecular weight excluding hydrogens is 411 g/mol. The summed E-state index contributed by atoms with van der Waals surface area (Å²) in [6.07, 6.45) is -0.688. The maximum Gasteiger partial charge on any atom is 0.268 e. The maximum atomic E-state index is 14.0. The number of ether oxygens (including phenoxy) is 2. The molecule has 2 amide bonds. The number of rotatable bonds is 7. The fraction of sp³-hybridized carbons (Fsp3) is 0.200. The topological polar surface area (TPSA) is 67.9 Å². The number of hydrogen-bond donors (Lipinski definition) is 1. The Morgan fingerprint density at radius 2 is 1.75 bits per heavy atom. The van der Waals surface area contributed by atoms with Crippen LogP contribution in [0.2, 0.25) is 0 Å². The molecule has 0 aliphatic carbocycles. The number of hydrogen-bond acceptors (Lipinski definition) is 4.